The number of H-pyrrole nitrogens is 1. The summed E-state index contributed by atoms with van der Waals surface area (Å²) in [7, 11) is 3.34. The van der Waals surface area contributed by atoms with Gasteiger partial charge in [-0.3, -0.25) is 4.79 Å². The quantitative estimate of drug-likeness (QED) is 0.877. The van der Waals surface area contributed by atoms with Crippen molar-refractivity contribution in [1.29, 1.82) is 0 Å². The summed E-state index contributed by atoms with van der Waals surface area (Å²) < 4.78 is 10.9. The molecule has 2 bridgehead atoms. The summed E-state index contributed by atoms with van der Waals surface area (Å²) in [5, 5.41) is 1.73. The molecule has 1 aromatic carbocycles. The summed E-state index contributed by atoms with van der Waals surface area (Å²) in [6.07, 6.45) is 4.04. The highest BCUT2D eigenvalue weighted by Gasteiger charge is 2.54. The third-order valence-corrected chi connectivity index (χ3v) is 8.86. The summed E-state index contributed by atoms with van der Waals surface area (Å²) in [5.74, 6) is 4.03. The molecule has 1 aromatic heterocycles. The summed E-state index contributed by atoms with van der Waals surface area (Å²) in [6.45, 7) is 0. The maximum Gasteiger partial charge on any atom is 0.305 e. The fourth-order valence-corrected chi connectivity index (χ4v) is 8.16. The zero-order valence-electron chi connectivity index (χ0n) is 14.3. The molecule has 2 saturated carbocycles. The number of hydrogen-bond donors (Lipinski definition) is 1. The summed E-state index contributed by atoms with van der Waals surface area (Å²) in [5.41, 5.74) is 1.25. The summed E-state index contributed by atoms with van der Waals surface area (Å²) in [4.78, 5) is 16.4. The van der Waals surface area contributed by atoms with Crippen molar-refractivity contribution in [2.45, 2.75) is 35.5 Å². The first kappa shape index (κ1) is 15.8. The second-order valence-electron chi connectivity index (χ2n) is 7.29. The van der Waals surface area contributed by atoms with Crippen molar-refractivity contribution in [2.24, 2.45) is 17.8 Å². The summed E-state index contributed by atoms with van der Waals surface area (Å²) >= 11 is 3.32. The van der Waals surface area contributed by atoms with Crippen LogP contribution in [0.3, 0.4) is 0 Å². The van der Waals surface area contributed by atoms with Gasteiger partial charge in [-0.25, -0.2) is 0 Å². The zero-order valence-corrected chi connectivity index (χ0v) is 15.9. The lowest BCUT2D eigenvalue weighted by Gasteiger charge is -2.40. The Labute approximate surface area is 154 Å². The Morgan fingerprint density at radius 3 is 2.72 bits per heavy atom. The van der Waals surface area contributed by atoms with E-state index in [0.29, 0.717) is 17.1 Å². The second kappa shape index (κ2) is 5.81. The van der Waals surface area contributed by atoms with E-state index in [4.69, 9.17) is 9.47 Å². The molecule has 0 amide bonds. The number of benzene rings is 1. The van der Waals surface area contributed by atoms with Crippen LogP contribution in [0, 0.1) is 17.8 Å². The number of aromatic amines is 1. The number of fused-ring (bicyclic) bond motifs is 6. The highest BCUT2D eigenvalue weighted by molar-refractivity contribution is 8.00. The van der Waals surface area contributed by atoms with Gasteiger partial charge in [-0.2, -0.15) is 0 Å². The Hall–Kier alpha value is -1.40. The Balaban J connectivity index is 1.66. The normalized spacial score (nSPS) is 32.3. The third kappa shape index (κ3) is 2.30. The molecule has 0 radical (unpaired) electrons. The maximum atomic E-state index is 12.1. The van der Waals surface area contributed by atoms with Crippen LogP contribution in [0.15, 0.2) is 28.0 Å². The van der Waals surface area contributed by atoms with E-state index in [-0.39, 0.29) is 4.87 Å². The SMILES string of the molecule is COc1ccc([C@@H]2c3sc(=O)[nH]c3S[C@@H]3[C@@H]4CC[C@@H](C4)[C@H]23)cc1OC. The molecule has 2 aromatic rings. The van der Waals surface area contributed by atoms with Gasteiger partial charge in [0.2, 0.25) is 0 Å². The van der Waals surface area contributed by atoms with E-state index in [0.717, 1.165) is 28.4 Å². The van der Waals surface area contributed by atoms with E-state index in [2.05, 4.69) is 17.1 Å². The molecule has 2 aliphatic carbocycles. The largest absolute Gasteiger partial charge is 0.493 e. The van der Waals surface area contributed by atoms with Crippen molar-refractivity contribution in [2.75, 3.05) is 14.2 Å². The van der Waals surface area contributed by atoms with Crippen molar-refractivity contribution in [3.05, 3.63) is 38.3 Å². The van der Waals surface area contributed by atoms with Gasteiger partial charge < -0.3 is 14.5 Å². The number of hydrogen-bond acceptors (Lipinski definition) is 5. The number of aromatic nitrogens is 1. The molecule has 1 N–H and O–H groups in total. The van der Waals surface area contributed by atoms with Gasteiger partial charge in [0.15, 0.2) is 11.5 Å². The van der Waals surface area contributed by atoms with Gasteiger partial charge in [0.05, 0.1) is 19.2 Å². The minimum atomic E-state index is 0.0651. The van der Waals surface area contributed by atoms with Crippen LogP contribution in [-0.4, -0.2) is 24.5 Å². The molecule has 6 heteroatoms. The Kier molecular flexibility index (Phi) is 3.68. The van der Waals surface area contributed by atoms with Gasteiger partial charge in [-0.15, -0.1) is 11.8 Å². The average Bonchev–Trinajstić information content (AvgIpc) is 3.32. The zero-order chi connectivity index (χ0) is 17.1. The Morgan fingerprint density at radius 1 is 1.12 bits per heavy atom. The Bertz CT molecular complexity index is 874. The van der Waals surface area contributed by atoms with Crippen LogP contribution in [0.4, 0.5) is 0 Å². The highest BCUT2D eigenvalue weighted by Crippen LogP contribution is 2.63. The predicted octanol–water partition coefficient (Wildman–Crippen LogP) is 4.11. The number of thiazole rings is 1. The average molecular weight is 376 g/mol. The van der Waals surface area contributed by atoms with Gasteiger partial charge >= 0.3 is 4.87 Å². The minimum Gasteiger partial charge on any atom is -0.493 e. The lowest BCUT2D eigenvalue weighted by atomic mass is 9.75. The van der Waals surface area contributed by atoms with Crippen LogP contribution < -0.4 is 14.3 Å². The van der Waals surface area contributed by atoms with E-state index in [1.807, 2.05) is 17.8 Å². The number of nitrogens with one attached hydrogen (secondary N) is 1. The number of ether oxygens (including phenoxy) is 2. The first-order valence-electron chi connectivity index (χ1n) is 8.81. The molecule has 1 aliphatic heterocycles. The highest BCUT2D eigenvalue weighted by atomic mass is 32.2. The van der Waals surface area contributed by atoms with Crippen molar-refractivity contribution in [1.82, 2.24) is 4.98 Å². The molecule has 5 rings (SSSR count). The number of thioether (sulfide) groups is 1. The number of rotatable bonds is 3. The van der Waals surface area contributed by atoms with Crippen LogP contribution in [0.2, 0.25) is 0 Å². The molecule has 132 valence electrons. The van der Waals surface area contributed by atoms with Crippen molar-refractivity contribution >= 4 is 23.1 Å². The third-order valence-electron chi connectivity index (χ3n) is 6.23. The van der Waals surface area contributed by atoms with E-state index < -0.39 is 0 Å². The molecule has 5 atom stereocenters. The number of methoxy groups -OCH3 is 2. The van der Waals surface area contributed by atoms with Gasteiger partial charge in [0.1, 0.15) is 0 Å². The van der Waals surface area contributed by atoms with Gasteiger partial charge in [-0.05, 0) is 54.7 Å². The molecule has 25 heavy (non-hydrogen) atoms. The molecular weight excluding hydrogens is 354 g/mol. The van der Waals surface area contributed by atoms with Crippen molar-refractivity contribution in [3.63, 3.8) is 0 Å². The van der Waals surface area contributed by atoms with E-state index >= 15 is 0 Å². The van der Waals surface area contributed by atoms with Crippen LogP contribution in [0.25, 0.3) is 0 Å². The molecule has 2 fully saturated rings. The first-order valence-corrected chi connectivity index (χ1v) is 10.5. The van der Waals surface area contributed by atoms with Crippen molar-refractivity contribution < 1.29 is 9.47 Å². The molecule has 0 spiro atoms. The van der Waals surface area contributed by atoms with E-state index in [1.54, 1.807) is 14.2 Å². The first-order chi connectivity index (χ1) is 12.2. The van der Waals surface area contributed by atoms with Crippen LogP contribution in [-0.2, 0) is 0 Å². The molecule has 3 aliphatic rings. The molecule has 0 unspecified atom stereocenters. The molecule has 4 nitrogen and oxygen atoms in total. The fraction of sp³-hybridized carbons (Fsp3) is 0.526. The maximum absolute atomic E-state index is 12.1. The molecule has 0 saturated heterocycles. The van der Waals surface area contributed by atoms with Crippen LogP contribution in [0.1, 0.15) is 35.6 Å². The smallest absolute Gasteiger partial charge is 0.305 e. The predicted molar refractivity (Wildman–Crippen MR) is 100 cm³/mol. The van der Waals surface area contributed by atoms with Crippen LogP contribution >= 0.6 is 23.1 Å². The lowest BCUT2D eigenvalue weighted by molar-refractivity contribution is 0.306. The van der Waals surface area contributed by atoms with Crippen LogP contribution in [0.5, 0.6) is 11.5 Å². The monoisotopic (exact) mass is 375 g/mol. The molecular formula is C19H21NO3S2. The molecule has 2 heterocycles. The standard InChI is InChI=1S/C19H21NO3S2/c1-22-12-6-5-10(8-13(12)23-2)15-14-9-3-4-11(7-9)16(14)24-18-17(15)25-19(21)20-18/h5-6,8-9,11,14-16H,3-4,7H2,1-2H3,(H,20,21)/t9-,11+,14+,15-,16+/m0/s1. The van der Waals surface area contributed by atoms with Crippen molar-refractivity contribution in [3.8, 4) is 11.5 Å². The van der Waals surface area contributed by atoms with E-state index in [1.165, 1.54) is 41.0 Å². The second-order valence-corrected chi connectivity index (χ2v) is 9.50. The summed E-state index contributed by atoms with van der Waals surface area (Å²) in [6, 6.07) is 6.25. The van der Waals surface area contributed by atoms with Gasteiger partial charge in [-0.1, -0.05) is 17.4 Å². The lowest BCUT2D eigenvalue weighted by Crippen LogP contribution is -2.33. The van der Waals surface area contributed by atoms with Gasteiger partial charge in [0, 0.05) is 16.0 Å². The topological polar surface area (TPSA) is 51.3 Å². The minimum absolute atomic E-state index is 0.0651. The fourth-order valence-electron chi connectivity index (χ4n) is 5.27. The van der Waals surface area contributed by atoms with E-state index in [9.17, 15) is 4.79 Å². The Morgan fingerprint density at radius 2 is 1.92 bits per heavy atom. The van der Waals surface area contributed by atoms with Gasteiger partial charge in [0.25, 0.3) is 0 Å².